The fourth-order valence-electron chi connectivity index (χ4n) is 5.16. The molecule has 1 aromatic carbocycles. The van der Waals surface area contributed by atoms with E-state index in [1.165, 1.54) is 24.5 Å². The number of hydrogen-bond acceptors (Lipinski definition) is 6. The van der Waals surface area contributed by atoms with Gasteiger partial charge in [-0.2, -0.15) is 5.10 Å². The predicted molar refractivity (Wildman–Crippen MR) is 140 cm³/mol. The van der Waals surface area contributed by atoms with Crippen LogP contribution in [-0.4, -0.2) is 59.0 Å². The number of rotatable bonds is 5. The molecule has 1 saturated heterocycles. The number of imidazole rings is 1. The highest BCUT2D eigenvalue weighted by Gasteiger charge is 2.38. The van der Waals surface area contributed by atoms with Crippen LogP contribution >= 0.6 is 0 Å². The fraction of sp³-hybridized carbons (Fsp3) is 0.179. The van der Waals surface area contributed by atoms with Gasteiger partial charge >= 0.3 is 0 Å². The van der Waals surface area contributed by atoms with Gasteiger partial charge in [-0.3, -0.25) is 25.0 Å². The monoisotopic (exact) mass is 544 g/mol. The number of nitrogens with one attached hydrogen (secondary N) is 2. The number of halogens is 4. The molecule has 0 aliphatic carbocycles. The number of fused-ring (bicyclic) bond motifs is 2. The van der Waals surface area contributed by atoms with Gasteiger partial charge in [0.05, 0.1) is 40.9 Å². The molecule has 8 nitrogen and oxygen atoms in total. The van der Waals surface area contributed by atoms with Crippen molar-refractivity contribution in [2.45, 2.75) is 18.9 Å². The van der Waals surface area contributed by atoms with Gasteiger partial charge in [0.25, 0.3) is 5.92 Å². The second-order valence-electron chi connectivity index (χ2n) is 9.86. The van der Waals surface area contributed by atoms with Gasteiger partial charge in [0, 0.05) is 49.2 Å². The normalized spacial score (nSPS) is 15.4. The minimum absolute atomic E-state index is 0.0504. The summed E-state index contributed by atoms with van der Waals surface area (Å²) >= 11 is 0. The van der Waals surface area contributed by atoms with Crippen molar-refractivity contribution in [3.8, 4) is 33.9 Å². The molecule has 6 aromatic rings. The van der Waals surface area contributed by atoms with Crippen LogP contribution in [0.15, 0.2) is 61.3 Å². The number of nitrogens with zero attached hydrogens (tertiary/aromatic N) is 6. The molecule has 0 saturated carbocycles. The van der Waals surface area contributed by atoms with Gasteiger partial charge in [-0.15, -0.1) is 0 Å². The summed E-state index contributed by atoms with van der Waals surface area (Å²) in [6.07, 6.45) is 7.53. The quantitative estimate of drug-likeness (QED) is 0.269. The van der Waals surface area contributed by atoms with Crippen molar-refractivity contribution in [2.75, 3.05) is 13.1 Å². The Morgan fingerprint density at radius 2 is 1.80 bits per heavy atom. The molecule has 0 amide bonds. The lowest BCUT2D eigenvalue weighted by molar-refractivity contribution is 0.0115. The van der Waals surface area contributed by atoms with Crippen LogP contribution in [0.2, 0.25) is 0 Å². The van der Waals surface area contributed by atoms with E-state index >= 15 is 4.39 Å². The molecular weight excluding hydrogens is 524 g/mol. The Hall–Kier alpha value is -4.71. The first-order valence-corrected chi connectivity index (χ1v) is 12.5. The Labute approximate surface area is 224 Å². The zero-order valence-corrected chi connectivity index (χ0v) is 20.8. The van der Waals surface area contributed by atoms with Gasteiger partial charge in [0.15, 0.2) is 11.6 Å². The lowest BCUT2D eigenvalue weighted by Gasteiger charge is -2.15. The summed E-state index contributed by atoms with van der Waals surface area (Å²) < 4.78 is 57.2. The van der Waals surface area contributed by atoms with Gasteiger partial charge in [-0.1, -0.05) is 12.1 Å². The lowest BCUT2D eigenvalue weighted by Crippen LogP contribution is -2.24. The Balaban J connectivity index is 1.28. The van der Waals surface area contributed by atoms with E-state index < -0.39 is 11.7 Å². The molecule has 0 unspecified atom stereocenters. The molecule has 1 aliphatic rings. The average molecular weight is 545 g/mol. The molecule has 0 radical (unpaired) electrons. The first kappa shape index (κ1) is 24.3. The van der Waals surface area contributed by atoms with E-state index in [0.29, 0.717) is 44.6 Å². The Morgan fingerprint density at radius 3 is 2.62 bits per heavy atom. The highest BCUT2D eigenvalue weighted by Crippen LogP contribution is 2.35. The molecule has 0 spiro atoms. The minimum Gasteiger partial charge on any atom is -0.335 e. The third-order valence-corrected chi connectivity index (χ3v) is 7.02. The van der Waals surface area contributed by atoms with E-state index in [0.717, 1.165) is 0 Å². The summed E-state index contributed by atoms with van der Waals surface area (Å²) in [7, 11) is 0. The highest BCUT2D eigenvalue weighted by atomic mass is 19.3. The summed E-state index contributed by atoms with van der Waals surface area (Å²) in [6.45, 7) is 0.238. The number of alkyl halides is 2. The highest BCUT2D eigenvalue weighted by molar-refractivity contribution is 5.97. The number of aromatic amines is 2. The average Bonchev–Trinajstić information content (AvgIpc) is 3.65. The molecular formula is C28H20F4N8. The van der Waals surface area contributed by atoms with Gasteiger partial charge in [-0.05, 0) is 29.3 Å². The molecule has 0 bridgehead atoms. The zero-order chi connectivity index (χ0) is 27.4. The van der Waals surface area contributed by atoms with Crippen molar-refractivity contribution in [3.63, 3.8) is 0 Å². The van der Waals surface area contributed by atoms with Crippen LogP contribution in [0.4, 0.5) is 17.6 Å². The van der Waals surface area contributed by atoms with Crippen LogP contribution in [0.25, 0.3) is 55.8 Å². The Kier molecular flexibility index (Phi) is 5.59. The van der Waals surface area contributed by atoms with Crippen molar-refractivity contribution in [1.82, 2.24) is 40.0 Å². The van der Waals surface area contributed by atoms with E-state index in [1.54, 1.807) is 41.7 Å². The smallest absolute Gasteiger partial charge is 0.261 e. The summed E-state index contributed by atoms with van der Waals surface area (Å²) in [4.78, 5) is 22.2. The maximum atomic E-state index is 16.1. The van der Waals surface area contributed by atoms with Crippen molar-refractivity contribution >= 4 is 21.9 Å². The number of pyridine rings is 3. The van der Waals surface area contributed by atoms with Crippen LogP contribution in [0, 0.1) is 11.6 Å². The van der Waals surface area contributed by atoms with Crippen LogP contribution in [0.3, 0.4) is 0 Å². The van der Waals surface area contributed by atoms with Gasteiger partial charge < -0.3 is 4.98 Å². The maximum Gasteiger partial charge on any atom is 0.261 e. The standard InChI is InChI=1S/C28H20F4N8/c29-18-3-1-2-16(7-18)19-10-34-11-21-25(19)37-27(36-21)26-22-20(38-39-26)12-35-24(23(22)30)17-6-15(8-33-9-17)13-40-5-4-28(31,32)14-40/h1-3,6-12H,4-5,13-14H2,(H,36,37)(H,38,39). The van der Waals surface area contributed by atoms with E-state index in [2.05, 4.69) is 35.1 Å². The number of hydrogen-bond donors (Lipinski definition) is 2. The molecule has 7 rings (SSSR count). The molecule has 40 heavy (non-hydrogen) atoms. The molecule has 0 atom stereocenters. The Bertz CT molecular complexity index is 1900. The summed E-state index contributed by atoms with van der Waals surface area (Å²) in [5.41, 5.74) is 4.07. The van der Waals surface area contributed by atoms with Crippen molar-refractivity contribution in [2.24, 2.45) is 0 Å². The molecule has 5 aromatic heterocycles. The van der Waals surface area contributed by atoms with E-state index in [-0.39, 0.29) is 48.6 Å². The molecule has 6 heterocycles. The van der Waals surface area contributed by atoms with Gasteiger partial charge in [0.2, 0.25) is 0 Å². The van der Waals surface area contributed by atoms with Gasteiger partial charge in [-0.25, -0.2) is 22.5 Å². The molecule has 200 valence electrons. The van der Waals surface area contributed by atoms with Crippen LogP contribution < -0.4 is 0 Å². The third-order valence-electron chi connectivity index (χ3n) is 7.02. The third kappa shape index (κ3) is 4.26. The topological polar surface area (TPSA) is 99.3 Å². The molecule has 1 fully saturated rings. The van der Waals surface area contributed by atoms with Crippen molar-refractivity contribution in [3.05, 3.63) is 78.5 Å². The number of likely N-dealkylation sites (tertiary alicyclic amines) is 1. The summed E-state index contributed by atoms with van der Waals surface area (Å²) in [5, 5.41) is 7.28. The second kappa shape index (κ2) is 9.19. The first-order chi connectivity index (χ1) is 19.3. The maximum absolute atomic E-state index is 16.1. The van der Waals surface area contributed by atoms with E-state index in [4.69, 9.17) is 0 Å². The van der Waals surface area contributed by atoms with Crippen molar-refractivity contribution in [1.29, 1.82) is 0 Å². The van der Waals surface area contributed by atoms with E-state index in [9.17, 15) is 13.2 Å². The lowest BCUT2D eigenvalue weighted by atomic mass is 10.1. The SMILES string of the molecule is Fc1cccc(-c2cncc3[nH]c(-c4n[nH]c5cnc(-c6cncc(CN7CCC(F)(F)C7)c6)c(F)c45)nc23)c1. The molecule has 1 aliphatic heterocycles. The summed E-state index contributed by atoms with van der Waals surface area (Å²) in [5.74, 6) is -3.42. The number of benzene rings is 1. The number of aromatic nitrogens is 7. The Morgan fingerprint density at radius 1 is 0.925 bits per heavy atom. The van der Waals surface area contributed by atoms with E-state index in [1.807, 2.05) is 0 Å². The molecule has 12 heteroatoms. The second-order valence-corrected chi connectivity index (χ2v) is 9.86. The summed E-state index contributed by atoms with van der Waals surface area (Å²) in [6, 6.07) is 7.81. The van der Waals surface area contributed by atoms with Crippen LogP contribution in [-0.2, 0) is 6.54 Å². The van der Waals surface area contributed by atoms with Crippen LogP contribution in [0.5, 0.6) is 0 Å². The minimum atomic E-state index is -2.70. The van der Waals surface area contributed by atoms with Crippen LogP contribution in [0.1, 0.15) is 12.0 Å². The number of H-pyrrole nitrogens is 2. The largest absolute Gasteiger partial charge is 0.335 e. The molecule has 2 N–H and O–H groups in total. The van der Waals surface area contributed by atoms with Gasteiger partial charge in [0.1, 0.15) is 17.2 Å². The van der Waals surface area contributed by atoms with Crippen molar-refractivity contribution < 1.29 is 17.6 Å². The first-order valence-electron chi connectivity index (χ1n) is 12.5. The fourth-order valence-corrected chi connectivity index (χ4v) is 5.16. The predicted octanol–water partition coefficient (Wildman–Crippen LogP) is 5.74. The zero-order valence-electron chi connectivity index (χ0n) is 20.8.